The molecule has 0 atom stereocenters. The molecular weight excluding hydrogens is 186 g/mol. The number of hydrogen-bond donors (Lipinski definition) is 1. The van der Waals surface area contributed by atoms with E-state index in [1.54, 1.807) is 0 Å². The Balaban J connectivity index is 2.95. The average Bonchev–Trinajstić information content (AvgIpc) is 2.33. The van der Waals surface area contributed by atoms with E-state index in [9.17, 15) is 0 Å². The fourth-order valence-electron chi connectivity index (χ4n) is 1.43. The molecule has 0 aliphatic heterocycles. The van der Waals surface area contributed by atoms with Gasteiger partial charge in [0, 0.05) is 6.54 Å². The zero-order valence-corrected chi connectivity index (χ0v) is 10.8. The second-order valence-electron chi connectivity index (χ2n) is 5.39. The number of anilines is 1. The summed E-state index contributed by atoms with van der Waals surface area (Å²) in [6.07, 6.45) is 0. The van der Waals surface area contributed by atoms with E-state index in [1.165, 1.54) is 0 Å². The lowest BCUT2D eigenvalue weighted by Gasteiger charge is -2.29. The molecule has 1 aromatic rings. The Bertz CT molecular complexity index is 348. The molecule has 0 bridgehead atoms. The molecule has 0 aliphatic rings. The minimum Gasteiger partial charge on any atom is -0.396 e. The molecule has 0 saturated carbocycles. The van der Waals surface area contributed by atoms with Crippen molar-refractivity contribution in [1.29, 1.82) is 0 Å². The van der Waals surface area contributed by atoms with Crippen molar-refractivity contribution in [3.05, 3.63) is 11.4 Å². The Hall–Kier alpha value is -0.990. The Morgan fingerprint density at radius 3 is 2.20 bits per heavy atom. The first-order valence-electron chi connectivity index (χ1n) is 5.55. The van der Waals surface area contributed by atoms with E-state index in [1.807, 2.05) is 18.5 Å². The van der Waals surface area contributed by atoms with Crippen molar-refractivity contribution in [3.63, 3.8) is 0 Å². The van der Waals surface area contributed by atoms with Gasteiger partial charge in [-0.3, -0.25) is 4.68 Å². The third-order valence-corrected chi connectivity index (χ3v) is 3.56. The van der Waals surface area contributed by atoms with Gasteiger partial charge in [0.2, 0.25) is 0 Å². The highest BCUT2D eigenvalue weighted by atomic mass is 15.3. The molecule has 0 aliphatic carbocycles. The van der Waals surface area contributed by atoms with E-state index in [0.29, 0.717) is 5.92 Å². The first kappa shape index (κ1) is 12.1. The topological polar surface area (TPSA) is 43.8 Å². The van der Waals surface area contributed by atoms with E-state index in [-0.39, 0.29) is 5.41 Å². The average molecular weight is 209 g/mol. The van der Waals surface area contributed by atoms with Crippen molar-refractivity contribution >= 4 is 5.69 Å². The van der Waals surface area contributed by atoms with Gasteiger partial charge in [0.05, 0.1) is 17.1 Å². The molecule has 0 aromatic carbocycles. The summed E-state index contributed by atoms with van der Waals surface area (Å²) in [5.41, 5.74) is 9.01. The normalized spacial score (nSPS) is 12.5. The Kier molecular flexibility index (Phi) is 3.12. The fraction of sp³-hybridized carbons (Fsp3) is 0.750. The minimum absolute atomic E-state index is 0.246. The number of rotatable bonds is 3. The molecule has 15 heavy (non-hydrogen) atoms. The van der Waals surface area contributed by atoms with E-state index in [2.05, 4.69) is 32.8 Å². The molecule has 0 radical (unpaired) electrons. The Morgan fingerprint density at radius 2 is 1.87 bits per heavy atom. The lowest BCUT2D eigenvalue weighted by molar-refractivity contribution is 0.199. The van der Waals surface area contributed by atoms with Crippen LogP contribution in [0.15, 0.2) is 0 Å². The second kappa shape index (κ2) is 3.87. The fourth-order valence-corrected chi connectivity index (χ4v) is 1.43. The predicted molar refractivity (Wildman–Crippen MR) is 64.7 cm³/mol. The van der Waals surface area contributed by atoms with E-state index in [4.69, 9.17) is 5.73 Å². The van der Waals surface area contributed by atoms with Gasteiger partial charge in [-0.05, 0) is 25.2 Å². The molecule has 3 heteroatoms. The molecular formula is C12H23N3. The molecule has 1 heterocycles. The summed E-state index contributed by atoms with van der Waals surface area (Å²) in [5, 5.41) is 4.47. The van der Waals surface area contributed by atoms with Crippen molar-refractivity contribution in [3.8, 4) is 0 Å². The molecule has 0 spiro atoms. The van der Waals surface area contributed by atoms with Crippen LogP contribution in [-0.4, -0.2) is 9.78 Å². The van der Waals surface area contributed by atoms with E-state index >= 15 is 0 Å². The molecule has 0 amide bonds. The van der Waals surface area contributed by atoms with Crippen LogP contribution in [0.5, 0.6) is 0 Å². The molecule has 1 aromatic heterocycles. The highest BCUT2D eigenvalue weighted by molar-refractivity contribution is 5.46. The minimum atomic E-state index is 0.246. The number of nitrogens with zero attached hydrogens (tertiary/aromatic N) is 2. The maximum absolute atomic E-state index is 5.91. The molecule has 1 rings (SSSR count). The quantitative estimate of drug-likeness (QED) is 0.832. The molecule has 0 unspecified atom stereocenters. The standard InChI is InChI=1S/C12H23N3/c1-8(2)12(5,6)7-15-10(4)11(13)9(3)14-15/h8H,7,13H2,1-6H3. The van der Waals surface area contributed by atoms with Crippen LogP contribution in [0, 0.1) is 25.2 Å². The van der Waals surface area contributed by atoms with Gasteiger partial charge in [-0.2, -0.15) is 5.10 Å². The van der Waals surface area contributed by atoms with Gasteiger partial charge < -0.3 is 5.73 Å². The third kappa shape index (κ3) is 2.33. The maximum atomic E-state index is 5.91. The lowest BCUT2D eigenvalue weighted by Crippen LogP contribution is -2.26. The van der Waals surface area contributed by atoms with Crippen LogP contribution in [0.25, 0.3) is 0 Å². The van der Waals surface area contributed by atoms with E-state index in [0.717, 1.165) is 23.6 Å². The van der Waals surface area contributed by atoms with Crippen molar-refractivity contribution in [2.75, 3.05) is 5.73 Å². The van der Waals surface area contributed by atoms with Crippen molar-refractivity contribution < 1.29 is 0 Å². The van der Waals surface area contributed by atoms with Gasteiger partial charge in [-0.25, -0.2) is 0 Å². The van der Waals surface area contributed by atoms with Gasteiger partial charge in [0.15, 0.2) is 0 Å². The monoisotopic (exact) mass is 209 g/mol. The zero-order valence-electron chi connectivity index (χ0n) is 10.8. The summed E-state index contributed by atoms with van der Waals surface area (Å²) in [7, 11) is 0. The summed E-state index contributed by atoms with van der Waals surface area (Å²) in [6, 6.07) is 0. The predicted octanol–water partition coefficient (Wildman–Crippen LogP) is 2.76. The third-order valence-electron chi connectivity index (χ3n) is 3.56. The van der Waals surface area contributed by atoms with Gasteiger partial charge in [-0.1, -0.05) is 27.7 Å². The first-order chi connectivity index (χ1) is 6.75. The summed E-state index contributed by atoms with van der Waals surface area (Å²) in [6.45, 7) is 13.9. The molecule has 86 valence electrons. The summed E-state index contributed by atoms with van der Waals surface area (Å²) in [4.78, 5) is 0. The van der Waals surface area contributed by atoms with Crippen molar-refractivity contribution in [2.24, 2.45) is 11.3 Å². The van der Waals surface area contributed by atoms with Crippen LogP contribution in [-0.2, 0) is 6.54 Å². The number of nitrogen functional groups attached to an aromatic ring is 1. The van der Waals surface area contributed by atoms with Crippen molar-refractivity contribution in [1.82, 2.24) is 9.78 Å². The Morgan fingerprint density at radius 1 is 1.33 bits per heavy atom. The highest BCUT2D eigenvalue weighted by Crippen LogP contribution is 2.29. The van der Waals surface area contributed by atoms with Crippen LogP contribution in [0.2, 0.25) is 0 Å². The summed E-state index contributed by atoms with van der Waals surface area (Å²) >= 11 is 0. The van der Waals surface area contributed by atoms with Gasteiger partial charge in [0.25, 0.3) is 0 Å². The summed E-state index contributed by atoms with van der Waals surface area (Å²) in [5.74, 6) is 0.627. The van der Waals surface area contributed by atoms with Crippen LogP contribution in [0.4, 0.5) is 5.69 Å². The van der Waals surface area contributed by atoms with Crippen LogP contribution in [0.3, 0.4) is 0 Å². The van der Waals surface area contributed by atoms with Gasteiger partial charge in [0.1, 0.15) is 0 Å². The van der Waals surface area contributed by atoms with E-state index < -0.39 is 0 Å². The molecule has 0 saturated heterocycles. The number of hydrogen-bond acceptors (Lipinski definition) is 2. The Labute approximate surface area is 92.7 Å². The smallest absolute Gasteiger partial charge is 0.0825 e. The van der Waals surface area contributed by atoms with Crippen LogP contribution >= 0.6 is 0 Å². The van der Waals surface area contributed by atoms with Gasteiger partial charge in [-0.15, -0.1) is 0 Å². The van der Waals surface area contributed by atoms with Crippen LogP contribution < -0.4 is 5.73 Å². The highest BCUT2D eigenvalue weighted by Gasteiger charge is 2.24. The van der Waals surface area contributed by atoms with Crippen molar-refractivity contribution in [2.45, 2.75) is 48.1 Å². The number of nitrogens with two attached hydrogens (primary N) is 1. The largest absolute Gasteiger partial charge is 0.396 e. The zero-order chi connectivity index (χ0) is 11.8. The number of aromatic nitrogens is 2. The molecule has 0 fully saturated rings. The second-order valence-corrected chi connectivity index (χ2v) is 5.39. The first-order valence-corrected chi connectivity index (χ1v) is 5.55. The molecule has 2 N–H and O–H groups in total. The van der Waals surface area contributed by atoms with Crippen LogP contribution in [0.1, 0.15) is 39.1 Å². The summed E-state index contributed by atoms with van der Waals surface area (Å²) < 4.78 is 2.03. The number of aryl methyl sites for hydroxylation is 1. The lowest BCUT2D eigenvalue weighted by atomic mass is 9.81. The maximum Gasteiger partial charge on any atom is 0.0825 e. The van der Waals surface area contributed by atoms with Gasteiger partial charge >= 0.3 is 0 Å². The SMILES string of the molecule is Cc1nn(CC(C)(C)C(C)C)c(C)c1N. The molecule has 3 nitrogen and oxygen atoms in total.